The highest BCUT2D eigenvalue weighted by molar-refractivity contribution is 7.85. The summed E-state index contributed by atoms with van der Waals surface area (Å²) in [7, 11) is -1.09. The number of benzene rings is 1. The molecule has 3 nitrogen and oxygen atoms in total. The molecule has 2 aliphatic rings. The van der Waals surface area contributed by atoms with Crippen LogP contribution in [0.4, 0.5) is 0 Å². The fourth-order valence-electron chi connectivity index (χ4n) is 2.61. The molecule has 2 aliphatic carbocycles. The second kappa shape index (κ2) is 5.73. The van der Waals surface area contributed by atoms with Crippen molar-refractivity contribution in [2.24, 2.45) is 0 Å². The Kier molecular flexibility index (Phi) is 4.01. The number of aliphatic hydroxyl groups excluding tert-OH is 1. The number of nitrogens with one attached hydrogen (secondary N) is 1. The largest absolute Gasteiger partial charge is 0.391 e. The lowest BCUT2D eigenvalue weighted by atomic mass is 10.1. The minimum atomic E-state index is -1.09. The van der Waals surface area contributed by atoms with Crippen LogP contribution in [0.1, 0.15) is 30.4 Å². The zero-order valence-electron chi connectivity index (χ0n) is 11.1. The van der Waals surface area contributed by atoms with Gasteiger partial charge in [-0.15, -0.1) is 0 Å². The van der Waals surface area contributed by atoms with Crippen LogP contribution in [0.5, 0.6) is 0 Å². The molecule has 2 N–H and O–H groups in total. The molecule has 1 fully saturated rings. The fraction of sp³-hybridized carbons (Fsp3) is 0.600. The normalized spacial score (nSPS) is 21.1. The SMILES string of the molecule is O=S(CC(O)CNC1CC1)c1ccc2c(c1)CCC2. The molecule has 19 heavy (non-hydrogen) atoms. The van der Waals surface area contributed by atoms with Crippen molar-refractivity contribution in [1.82, 2.24) is 5.32 Å². The summed E-state index contributed by atoms with van der Waals surface area (Å²) in [4.78, 5) is 0.867. The van der Waals surface area contributed by atoms with Crippen LogP contribution < -0.4 is 5.32 Å². The standard InChI is InChI=1S/C15H21NO2S/c17-14(9-16-13-5-6-13)10-19(18)15-7-4-11-2-1-3-12(11)8-15/h4,7-8,13-14,16-17H,1-3,5-6,9-10H2. The van der Waals surface area contributed by atoms with E-state index in [1.807, 2.05) is 6.07 Å². The topological polar surface area (TPSA) is 49.3 Å². The predicted octanol–water partition coefficient (Wildman–Crippen LogP) is 1.40. The average molecular weight is 279 g/mol. The molecular weight excluding hydrogens is 258 g/mol. The Labute approximate surface area is 116 Å². The van der Waals surface area contributed by atoms with Crippen molar-refractivity contribution in [3.63, 3.8) is 0 Å². The lowest BCUT2D eigenvalue weighted by Crippen LogP contribution is -2.32. The summed E-state index contributed by atoms with van der Waals surface area (Å²) in [6, 6.07) is 6.72. The van der Waals surface area contributed by atoms with Crippen LogP contribution in [0.15, 0.2) is 23.1 Å². The van der Waals surface area contributed by atoms with Gasteiger partial charge in [-0.2, -0.15) is 0 Å². The summed E-state index contributed by atoms with van der Waals surface area (Å²) >= 11 is 0. The van der Waals surface area contributed by atoms with E-state index in [2.05, 4.69) is 17.4 Å². The van der Waals surface area contributed by atoms with Crippen molar-refractivity contribution >= 4 is 10.8 Å². The Morgan fingerprint density at radius 1 is 1.32 bits per heavy atom. The molecule has 1 saturated carbocycles. The molecule has 0 aliphatic heterocycles. The van der Waals surface area contributed by atoms with Gasteiger partial charge in [-0.3, -0.25) is 4.21 Å². The third-order valence-electron chi connectivity index (χ3n) is 3.90. The number of aryl methyl sites for hydroxylation is 2. The molecule has 0 bridgehead atoms. The summed E-state index contributed by atoms with van der Waals surface area (Å²) < 4.78 is 12.2. The minimum Gasteiger partial charge on any atom is -0.391 e. The zero-order valence-corrected chi connectivity index (χ0v) is 11.9. The Balaban J connectivity index is 1.56. The molecule has 4 heteroatoms. The molecule has 1 aromatic carbocycles. The van der Waals surface area contributed by atoms with Gasteiger partial charge in [0.15, 0.2) is 0 Å². The first-order chi connectivity index (χ1) is 9.22. The molecule has 104 valence electrons. The highest BCUT2D eigenvalue weighted by atomic mass is 32.2. The second-order valence-electron chi connectivity index (χ2n) is 5.63. The van der Waals surface area contributed by atoms with Gasteiger partial charge in [-0.25, -0.2) is 0 Å². The Morgan fingerprint density at radius 3 is 2.89 bits per heavy atom. The monoisotopic (exact) mass is 279 g/mol. The van der Waals surface area contributed by atoms with E-state index in [-0.39, 0.29) is 0 Å². The highest BCUT2D eigenvalue weighted by Gasteiger charge is 2.22. The van der Waals surface area contributed by atoms with Gasteiger partial charge in [0.25, 0.3) is 0 Å². The van der Waals surface area contributed by atoms with Crippen molar-refractivity contribution in [2.45, 2.75) is 49.1 Å². The molecule has 0 spiro atoms. The first kappa shape index (κ1) is 13.3. The number of hydrogen-bond donors (Lipinski definition) is 2. The number of rotatable bonds is 6. The van der Waals surface area contributed by atoms with Crippen molar-refractivity contribution < 1.29 is 9.32 Å². The summed E-state index contributed by atoms with van der Waals surface area (Å²) in [6.07, 6.45) is 5.36. The molecular formula is C15H21NO2S. The van der Waals surface area contributed by atoms with Gasteiger partial charge in [-0.05, 0) is 55.4 Å². The van der Waals surface area contributed by atoms with Crippen molar-refractivity contribution in [1.29, 1.82) is 0 Å². The van der Waals surface area contributed by atoms with Gasteiger partial charge in [0.2, 0.25) is 0 Å². The van der Waals surface area contributed by atoms with Crippen LogP contribution >= 0.6 is 0 Å². The number of aliphatic hydroxyl groups is 1. The molecule has 0 aromatic heterocycles. The van der Waals surface area contributed by atoms with Gasteiger partial charge >= 0.3 is 0 Å². The maximum Gasteiger partial charge on any atom is 0.0783 e. The van der Waals surface area contributed by atoms with E-state index >= 15 is 0 Å². The van der Waals surface area contributed by atoms with Crippen molar-refractivity contribution in [2.75, 3.05) is 12.3 Å². The fourth-order valence-corrected chi connectivity index (χ4v) is 3.76. The number of fused-ring (bicyclic) bond motifs is 1. The average Bonchev–Trinajstić information content (AvgIpc) is 3.11. The summed E-state index contributed by atoms with van der Waals surface area (Å²) in [5.41, 5.74) is 2.74. The minimum absolute atomic E-state index is 0.332. The molecule has 3 rings (SSSR count). The summed E-state index contributed by atoms with van der Waals surface area (Å²) in [5, 5.41) is 13.2. The highest BCUT2D eigenvalue weighted by Crippen LogP contribution is 2.24. The lowest BCUT2D eigenvalue weighted by Gasteiger charge is -2.11. The quantitative estimate of drug-likeness (QED) is 0.827. The Bertz CT molecular complexity index is 485. The summed E-state index contributed by atoms with van der Waals surface area (Å²) in [6.45, 7) is 0.557. The van der Waals surface area contributed by atoms with Crippen molar-refractivity contribution in [3.05, 3.63) is 29.3 Å². The van der Waals surface area contributed by atoms with Gasteiger partial charge < -0.3 is 10.4 Å². The van der Waals surface area contributed by atoms with Gasteiger partial charge in [0.05, 0.1) is 22.7 Å². The molecule has 2 unspecified atom stereocenters. The molecule has 2 atom stereocenters. The Morgan fingerprint density at radius 2 is 2.11 bits per heavy atom. The Hall–Kier alpha value is -0.710. The van der Waals surface area contributed by atoms with E-state index < -0.39 is 16.9 Å². The van der Waals surface area contributed by atoms with Gasteiger partial charge in [0, 0.05) is 17.5 Å². The van der Waals surface area contributed by atoms with Crippen LogP contribution in [0.2, 0.25) is 0 Å². The molecule has 0 heterocycles. The zero-order chi connectivity index (χ0) is 13.2. The molecule has 0 saturated heterocycles. The molecule has 1 aromatic rings. The third-order valence-corrected chi connectivity index (χ3v) is 5.36. The van der Waals surface area contributed by atoms with Crippen LogP contribution in [-0.2, 0) is 23.6 Å². The second-order valence-corrected chi connectivity index (χ2v) is 7.13. The van der Waals surface area contributed by atoms with Crippen LogP contribution in [0.3, 0.4) is 0 Å². The van der Waals surface area contributed by atoms with E-state index in [1.165, 1.54) is 30.4 Å². The smallest absolute Gasteiger partial charge is 0.0783 e. The maximum absolute atomic E-state index is 12.2. The van der Waals surface area contributed by atoms with Crippen LogP contribution in [0, 0.1) is 0 Å². The number of hydrogen-bond acceptors (Lipinski definition) is 3. The first-order valence-electron chi connectivity index (χ1n) is 7.14. The van der Waals surface area contributed by atoms with E-state index in [0.717, 1.165) is 17.7 Å². The molecule has 0 radical (unpaired) electrons. The van der Waals surface area contributed by atoms with E-state index in [1.54, 1.807) is 0 Å². The first-order valence-corrected chi connectivity index (χ1v) is 8.46. The van der Waals surface area contributed by atoms with Crippen molar-refractivity contribution in [3.8, 4) is 0 Å². The van der Waals surface area contributed by atoms with Crippen LogP contribution in [-0.4, -0.2) is 33.8 Å². The van der Waals surface area contributed by atoms with E-state index in [0.29, 0.717) is 18.3 Å². The summed E-state index contributed by atoms with van der Waals surface area (Å²) in [5.74, 6) is 0.332. The van der Waals surface area contributed by atoms with Gasteiger partial charge in [-0.1, -0.05) is 6.07 Å². The van der Waals surface area contributed by atoms with E-state index in [4.69, 9.17) is 0 Å². The third kappa shape index (κ3) is 3.44. The lowest BCUT2D eigenvalue weighted by molar-refractivity contribution is 0.194. The maximum atomic E-state index is 12.2. The van der Waals surface area contributed by atoms with Gasteiger partial charge in [0.1, 0.15) is 0 Å². The predicted molar refractivity (Wildman–Crippen MR) is 76.8 cm³/mol. The molecule has 0 amide bonds. The van der Waals surface area contributed by atoms with E-state index in [9.17, 15) is 9.32 Å². The van der Waals surface area contributed by atoms with Crippen LogP contribution in [0.25, 0.3) is 0 Å².